The zero-order valence-electron chi connectivity index (χ0n) is 14.5. The maximum absolute atomic E-state index is 10.2. The summed E-state index contributed by atoms with van der Waals surface area (Å²) < 4.78 is 0. The summed E-state index contributed by atoms with van der Waals surface area (Å²) >= 11 is 0. The first kappa shape index (κ1) is 18.4. The van der Waals surface area contributed by atoms with E-state index < -0.39 is 11.2 Å². The van der Waals surface area contributed by atoms with Crippen LogP contribution >= 0.6 is 0 Å². The Morgan fingerprint density at radius 1 is 1.09 bits per heavy atom. The van der Waals surface area contributed by atoms with E-state index in [1.165, 1.54) is 11.1 Å². The summed E-state index contributed by atoms with van der Waals surface area (Å²) in [6.45, 7) is 6.20. The lowest BCUT2D eigenvalue weighted by Gasteiger charge is -2.24. The van der Waals surface area contributed by atoms with Crippen LogP contribution in [0.25, 0.3) is 0 Å². The van der Waals surface area contributed by atoms with Crippen LogP contribution in [0.4, 0.5) is 0 Å². The van der Waals surface area contributed by atoms with Crippen LogP contribution in [0, 0.1) is 0 Å². The third-order valence-electron chi connectivity index (χ3n) is 4.76. The largest absolute Gasteiger partial charge is 0.393 e. The van der Waals surface area contributed by atoms with Gasteiger partial charge in [-0.1, -0.05) is 24.3 Å². The molecule has 0 bridgehead atoms. The molecule has 23 heavy (non-hydrogen) atoms. The van der Waals surface area contributed by atoms with Gasteiger partial charge in [0, 0.05) is 13.1 Å². The minimum atomic E-state index is -0.893. The van der Waals surface area contributed by atoms with Crippen LogP contribution in [-0.2, 0) is 13.0 Å². The van der Waals surface area contributed by atoms with E-state index in [-0.39, 0.29) is 6.61 Å². The molecular formula is C19H31NO3. The van der Waals surface area contributed by atoms with Crippen molar-refractivity contribution in [3.63, 3.8) is 0 Å². The molecule has 1 atom stereocenters. The molecule has 0 aliphatic carbocycles. The quantitative estimate of drug-likeness (QED) is 0.751. The van der Waals surface area contributed by atoms with Crippen molar-refractivity contribution in [1.82, 2.24) is 4.90 Å². The van der Waals surface area contributed by atoms with Gasteiger partial charge in [-0.3, -0.25) is 4.90 Å². The van der Waals surface area contributed by atoms with Gasteiger partial charge >= 0.3 is 0 Å². The molecule has 3 N–H and O–H groups in total. The van der Waals surface area contributed by atoms with E-state index in [1.807, 2.05) is 13.8 Å². The molecule has 1 fully saturated rings. The van der Waals surface area contributed by atoms with E-state index in [4.69, 9.17) is 0 Å². The Bertz CT molecular complexity index is 480. The van der Waals surface area contributed by atoms with Crippen molar-refractivity contribution in [3.05, 3.63) is 35.4 Å². The smallest absolute Gasteiger partial charge is 0.0890 e. The summed E-state index contributed by atoms with van der Waals surface area (Å²) in [5.41, 5.74) is 1.01. The van der Waals surface area contributed by atoms with Crippen LogP contribution in [0.2, 0.25) is 0 Å². The predicted octanol–water partition coefficient (Wildman–Crippen LogP) is 2.10. The molecule has 2 rings (SSSR count). The molecule has 1 aromatic rings. The standard InChI is InChI=1S/C19H31NO3/c1-18(2,22)10-8-16-4-6-17(7-5-16)14-20-12-3-9-19(23,15-21)11-13-20/h4-7,21-23H,3,8-15H2,1-2H3. The van der Waals surface area contributed by atoms with Gasteiger partial charge in [0.05, 0.1) is 17.8 Å². The van der Waals surface area contributed by atoms with Crippen molar-refractivity contribution in [3.8, 4) is 0 Å². The molecule has 0 saturated carbocycles. The molecule has 1 aromatic carbocycles. The molecule has 1 saturated heterocycles. The molecule has 0 radical (unpaired) electrons. The first-order valence-corrected chi connectivity index (χ1v) is 8.65. The van der Waals surface area contributed by atoms with Gasteiger partial charge in [0.25, 0.3) is 0 Å². The normalized spacial score (nSPS) is 23.7. The maximum atomic E-state index is 10.2. The van der Waals surface area contributed by atoms with Crippen LogP contribution in [0.1, 0.15) is 50.7 Å². The molecule has 1 heterocycles. The van der Waals surface area contributed by atoms with Gasteiger partial charge in [0.2, 0.25) is 0 Å². The summed E-state index contributed by atoms with van der Waals surface area (Å²) in [7, 11) is 0. The second-order valence-electron chi connectivity index (χ2n) is 7.64. The SMILES string of the molecule is CC(C)(O)CCc1ccc(CN2CCCC(O)(CO)CC2)cc1. The topological polar surface area (TPSA) is 63.9 Å². The molecule has 1 aliphatic rings. The minimum absolute atomic E-state index is 0.142. The molecule has 0 aromatic heterocycles. The van der Waals surface area contributed by atoms with E-state index in [0.717, 1.165) is 38.9 Å². The van der Waals surface area contributed by atoms with Crippen molar-refractivity contribution >= 4 is 0 Å². The van der Waals surface area contributed by atoms with Crippen LogP contribution < -0.4 is 0 Å². The van der Waals surface area contributed by atoms with Gasteiger partial charge < -0.3 is 15.3 Å². The van der Waals surface area contributed by atoms with E-state index in [2.05, 4.69) is 29.2 Å². The van der Waals surface area contributed by atoms with Crippen LogP contribution in [0.15, 0.2) is 24.3 Å². The molecule has 1 aliphatic heterocycles. The highest BCUT2D eigenvalue weighted by Crippen LogP contribution is 2.23. The number of aliphatic hydroxyl groups excluding tert-OH is 1. The zero-order chi connectivity index (χ0) is 16.9. The highest BCUT2D eigenvalue weighted by Gasteiger charge is 2.29. The van der Waals surface area contributed by atoms with Gasteiger partial charge in [0.1, 0.15) is 0 Å². The Balaban J connectivity index is 1.86. The summed E-state index contributed by atoms with van der Waals surface area (Å²) in [5.74, 6) is 0. The Morgan fingerprint density at radius 2 is 1.74 bits per heavy atom. The van der Waals surface area contributed by atoms with Crippen molar-refractivity contribution < 1.29 is 15.3 Å². The van der Waals surface area contributed by atoms with Crippen molar-refractivity contribution in [2.75, 3.05) is 19.7 Å². The fourth-order valence-corrected chi connectivity index (χ4v) is 3.07. The Hall–Kier alpha value is -0.940. The number of benzene rings is 1. The molecule has 4 nitrogen and oxygen atoms in total. The lowest BCUT2D eigenvalue weighted by Crippen LogP contribution is -2.34. The van der Waals surface area contributed by atoms with Crippen molar-refractivity contribution in [2.24, 2.45) is 0 Å². The third-order valence-corrected chi connectivity index (χ3v) is 4.76. The van der Waals surface area contributed by atoms with Crippen molar-refractivity contribution in [2.45, 2.75) is 63.7 Å². The Morgan fingerprint density at radius 3 is 2.35 bits per heavy atom. The number of rotatable bonds is 6. The average Bonchev–Trinajstić information content (AvgIpc) is 2.69. The number of likely N-dealkylation sites (tertiary alicyclic amines) is 1. The summed E-state index contributed by atoms with van der Waals surface area (Å²) in [5, 5.41) is 29.3. The molecule has 0 amide bonds. The highest BCUT2D eigenvalue weighted by atomic mass is 16.3. The first-order chi connectivity index (χ1) is 10.8. The van der Waals surface area contributed by atoms with Crippen LogP contribution in [-0.4, -0.2) is 51.1 Å². The highest BCUT2D eigenvalue weighted by molar-refractivity contribution is 5.22. The molecule has 4 heteroatoms. The summed E-state index contributed by atoms with van der Waals surface area (Å²) in [6.07, 6.45) is 3.87. The third kappa shape index (κ3) is 6.22. The van der Waals surface area contributed by atoms with E-state index in [0.29, 0.717) is 12.8 Å². The molecule has 1 unspecified atom stereocenters. The number of hydrogen-bond donors (Lipinski definition) is 3. The lowest BCUT2D eigenvalue weighted by molar-refractivity contribution is -0.0255. The van der Waals surface area contributed by atoms with E-state index in [9.17, 15) is 15.3 Å². The van der Waals surface area contributed by atoms with Crippen LogP contribution in [0.3, 0.4) is 0 Å². The first-order valence-electron chi connectivity index (χ1n) is 8.65. The maximum Gasteiger partial charge on any atom is 0.0890 e. The number of aryl methyl sites for hydroxylation is 1. The van der Waals surface area contributed by atoms with Gasteiger partial charge in [-0.25, -0.2) is 0 Å². The second kappa shape index (κ2) is 7.75. The average molecular weight is 321 g/mol. The van der Waals surface area contributed by atoms with Crippen molar-refractivity contribution in [1.29, 1.82) is 0 Å². The fourth-order valence-electron chi connectivity index (χ4n) is 3.07. The zero-order valence-corrected chi connectivity index (χ0v) is 14.5. The lowest BCUT2D eigenvalue weighted by atomic mass is 9.96. The Labute approximate surface area is 139 Å². The van der Waals surface area contributed by atoms with E-state index in [1.54, 1.807) is 0 Å². The van der Waals surface area contributed by atoms with E-state index >= 15 is 0 Å². The fraction of sp³-hybridized carbons (Fsp3) is 0.684. The van der Waals surface area contributed by atoms with Gasteiger partial charge in [-0.05, 0) is 63.6 Å². The molecular weight excluding hydrogens is 290 g/mol. The number of nitrogens with zero attached hydrogens (tertiary/aromatic N) is 1. The minimum Gasteiger partial charge on any atom is -0.393 e. The van der Waals surface area contributed by atoms with Gasteiger partial charge in [0.15, 0.2) is 0 Å². The van der Waals surface area contributed by atoms with Gasteiger partial charge in [-0.15, -0.1) is 0 Å². The number of hydrogen-bond acceptors (Lipinski definition) is 4. The summed E-state index contributed by atoms with van der Waals surface area (Å²) in [4.78, 5) is 2.35. The van der Waals surface area contributed by atoms with Gasteiger partial charge in [-0.2, -0.15) is 0 Å². The number of aliphatic hydroxyl groups is 3. The summed E-state index contributed by atoms with van der Waals surface area (Å²) in [6, 6.07) is 8.59. The van der Waals surface area contributed by atoms with Crippen LogP contribution in [0.5, 0.6) is 0 Å². The Kier molecular flexibility index (Phi) is 6.20. The monoisotopic (exact) mass is 321 g/mol. The second-order valence-corrected chi connectivity index (χ2v) is 7.64. The molecule has 130 valence electrons. The predicted molar refractivity (Wildman–Crippen MR) is 92.2 cm³/mol. The molecule has 0 spiro atoms.